The number of hydrogen-bond acceptors (Lipinski definition) is 3. The fourth-order valence-electron chi connectivity index (χ4n) is 1.78. The predicted molar refractivity (Wildman–Crippen MR) is 87.1 cm³/mol. The van der Waals surface area contributed by atoms with E-state index in [9.17, 15) is 0 Å². The van der Waals surface area contributed by atoms with Crippen LogP contribution in [0.1, 0.15) is 31.9 Å². The lowest BCUT2D eigenvalue weighted by molar-refractivity contribution is 0.422. The van der Waals surface area contributed by atoms with E-state index in [-0.39, 0.29) is 5.54 Å². The van der Waals surface area contributed by atoms with Gasteiger partial charge in [0.15, 0.2) is 0 Å². The molecule has 0 aliphatic heterocycles. The minimum atomic E-state index is 0.0736. The quantitative estimate of drug-likeness (QED) is 0.887. The van der Waals surface area contributed by atoms with Gasteiger partial charge in [-0.1, -0.05) is 17.7 Å². The molecule has 3 nitrogen and oxygen atoms in total. The Labute approximate surface area is 131 Å². The zero-order valence-electron chi connectivity index (χ0n) is 12.9. The molecule has 0 radical (unpaired) electrons. The van der Waals surface area contributed by atoms with E-state index in [4.69, 9.17) is 16.3 Å². The fraction of sp³-hybridized carbons (Fsp3) is 0.353. The van der Waals surface area contributed by atoms with Gasteiger partial charge < -0.3 is 10.1 Å². The minimum absolute atomic E-state index is 0.0736. The molecule has 0 atom stereocenters. The first kappa shape index (κ1) is 15.8. The topological polar surface area (TPSA) is 34.1 Å². The van der Waals surface area contributed by atoms with Crippen molar-refractivity contribution in [3.63, 3.8) is 0 Å². The van der Waals surface area contributed by atoms with Gasteiger partial charge in [-0.25, -0.2) is 4.98 Å². The van der Waals surface area contributed by atoms with Crippen molar-refractivity contribution in [2.45, 2.75) is 39.8 Å². The molecule has 2 aromatic rings. The number of nitrogens with one attached hydrogen (secondary N) is 1. The lowest BCUT2D eigenvalue weighted by atomic mass is 10.1. The lowest BCUT2D eigenvalue weighted by Crippen LogP contribution is -2.35. The van der Waals surface area contributed by atoms with Gasteiger partial charge in [0.2, 0.25) is 5.88 Å². The molecule has 0 saturated heterocycles. The highest BCUT2D eigenvalue weighted by Gasteiger charge is 2.09. The van der Waals surface area contributed by atoms with Crippen LogP contribution in [0.25, 0.3) is 0 Å². The maximum absolute atomic E-state index is 6.14. The van der Waals surface area contributed by atoms with Crippen LogP contribution >= 0.6 is 11.6 Å². The first-order valence-electron chi connectivity index (χ1n) is 6.97. The summed E-state index contributed by atoms with van der Waals surface area (Å²) >= 11 is 6.14. The van der Waals surface area contributed by atoms with Gasteiger partial charge in [-0.2, -0.15) is 0 Å². The van der Waals surface area contributed by atoms with Crippen LogP contribution < -0.4 is 10.1 Å². The molecule has 21 heavy (non-hydrogen) atoms. The number of hydrogen-bond donors (Lipinski definition) is 1. The first-order chi connectivity index (χ1) is 9.83. The monoisotopic (exact) mass is 304 g/mol. The minimum Gasteiger partial charge on any atom is -0.437 e. The Morgan fingerprint density at radius 1 is 1.19 bits per heavy atom. The number of aryl methyl sites for hydroxylation is 1. The summed E-state index contributed by atoms with van der Waals surface area (Å²) in [4.78, 5) is 4.24. The van der Waals surface area contributed by atoms with Crippen molar-refractivity contribution >= 4 is 11.6 Å². The zero-order chi connectivity index (χ0) is 15.5. The largest absolute Gasteiger partial charge is 0.437 e. The number of pyridine rings is 1. The van der Waals surface area contributed by atoms with Crippen LogP contribution in [-0.2, 0) is 6.54 Å². The zero-order valence-corrected chi connectivity index (χ0v) is 13.7. The van der Waals surface area contributed by atoms with Crippen LogP contribution in [0, 0.1) is 6.92 Å². The van der Waals surface area contributed by atoms with Gasteiger partial charge in [-0.3, -0.25) is 0 Å². The maximum atomic E-state index is 6.14. The van der Waals surface area contributed by atoms with E-state index in [1.807, 2.05) is 37.3 Å². The van der Waals surface area contributed by atoms with E-state index in [0.29, 0.717) is 16.7 Å². The number of rotatable bonds is 4. The second-order valence-electron chi connectivity index (χ2n) is 6.14. The van der Waals surface area contributed by atoms with E-state index >= 15 is 0 Å². The molecule has 4 heteroatoms. The molecule has 0 aliphatic carbocycles. The number of halogens is 1. The highest BCUT2D eigenvalue weighted by Crippen LogP contribution is 2.29. The van der Waals surface area contributed by atoms with Crippen LogP contribution in [0.2, 0.25) is 5.02 Å². The van der Waals surface area contributed by atoms with E-state index in [2.05, 4.69) is 31.1 Å². The van der Waals surface area contributed by atoms with Crippen LogP contribution in [0.3, 0.4) is 0 Å². The first-order valence-corrected chi connectivity index (χ1v) is 7.35. The third kappa shape index (κ3) is 5.03. The van der Waals surface area contributed by atoms with Crippen LogP contribution in [0.15, 0.2) is 36.5 Å². The molecule has 0 unspecified atom stereocenters. The molecule has 0 saturated carbocycles. The Bertz CT molecular complexity index is 620. The van der Waals surface area contributed by atoms with E-state index in [0.717, 1.165) is 17.7 Å². The van der Waals surface area contributed by atoms with E-state index in [1.165, 1.54) is 0 Å². The summed E-state index contributed by atoms with van der Waals surface area (Å²) in [6.07, 6.45) is 1.75. The molecule has 0 bridgehead atoms. The Balaban J connectivity index is 2.12. The second kappa shape index (κ2) is 6.46. The highest BCUT2D eigenvalue weighted by atomic mass is 35.5. The summed E-state index contributed by atoms with van der Waals surface area (Å²) in [5.74, 6) is 1.18. The van der Waals surface area contributed by atoms with Gasteiger partial charge in [0.25, 0.3) is 0 Å². The lowest BCUT2D eigenvalue weighted by Gasteiger charge is -2.20. The average Bonchev–Trinajstić information content (AvgIpc) is 2.40. The van der Waals surface area contributed by atoms with Crippen molar-refractivity contribution in [1.29, 1.82) is 0 Å². The molecule has 1 aromatic carbocycles. The molecular weight excluding hydrogens is 284 g/mol. The summed E-state index contributed by atoms with van der Waals surface area (Å²) in [5.41, 5.74) is 2.29. The number of benzene rings is 1. The van der Waals surface area contributed by atoms with Gasteiger partial charge in [0.1, 0.15) is 5.75 Å². The third-order valence-corrected chi connectivity index (χ3v) is 3.24. The Morgan fingerprint density at radius 2 is 1.95 bits per heavy atom. The number of aromatic nitrogens is 1. The summed E-state index contributed by atoms with van der Waals surface area (Å²) in [6, 6.07) is 9.59. The summed E-state index contributed by atoms with van der Waals surface area (Å²) < 4.78 is 5.79. The van der Waals surface area contributed by atoms with Crippen molar-refractivity contribution in [2.24, 2.45) is 0 Å². The Hall–Kier alpha value is -1.58. The smallest absolute Gasteiger partial charge is 0.219 e. The summed E-state index contributed by atoms with van der Waals surface area (Å²) in [5, 5.41) is 4.02. The number of ether oxygens (including phenoxy) is 1. The SMILES string of the molecule is Cc1ccc(Cl)c(Oc2cc(CNC(C)(C)C)ccn2)c1. The van der Waals surface area contributed by atoms with Gasteiger partial charge in [0, 0.05) is 24.3 Å². The van der Waals surface area contributed by atoms with Crippen LogP contribution in [0.4, 0.5) is 0 Å². The van der Waals surface area contributed by atoms with E-state index < -0.39 is 0 Å². The number of nitrogens with zero attached hydrogens (tertiary/aromatic N) is 1. The second-order valence-corrected chi connectivity index (χ2v) is 6.55. The molecule has 0 aliphatic rings. The Kier molecular flexibility index (Phi) is 4.86. The van der Waals surface area contributed by atoms with Crippen molar-refractivity contribution in [3.05, 3.63) is 52.7 Å². The molecule has 0 fully saturated rings. The average molecular weight is 305 g/mol. The molecule has 112 valence electrons. The van der Waals surface area contributed by atoms with Gasteiger partial charge in [-0.15, -0.1) is 0 Å². The third-order valence-electron chi connectivity index (χ3n) is 2.92. The van der Waals surface area contributed by atoms with Crippen molar-refractivity contribution < 1.29 is 4.74 Å². The molecule has 0 spiro atoms. The summed E-state index contributed by atoms with van der Waals surface area (Å²) in [6.45, 7) is 9.18. The van der Waals surface area contributed by atoms with Crippen molar-refractivity contribution in [2.75, 3.05) is 0 Å². The molecule has 1 aromatic heterocycles. The van der Waals surface area contributed by atoms with E-state index in [1.54, 1.807) is 6.20 Å². The van der Waals surface area contributed by atoms with Crippen LogP contribution in [-0.4, -0.2) is 10.5 Å². The standard InChI is InChI=1S/C17H21ClN2O/c1-12-5-6-14(18)15(9-12)21-16-10-13(7-8-19-16)11-20-17(2,3)4/h5-10,20H,11H2,1-4H3. The summed E-state index contributed by atoms with van der Waals surface area (Å²) in [7, 11) is 0. The molecule has 1 heterocycles. The normalized spacial score (nSPS) is 11.5. The van der Waals surface area contributed by atoms with Gasteiger partial charge in [0.05, 0.1) is 5.02 Å². The Morgan fingerprint density at radius 3 is 2.67 bits per heavy atom. The fourth-order valence-corrected chi connectivity index (χ4v) is 1.94. The van der Waals surface area contributed by atoms with Crippen molar-refractivity contribution in [3.8, 4) is 11.6 Å². The van der Waals surface area contributed by atoms with Gasteiger partial charge >= 0.3 is 0 Å². The molecule has 2 rings (SSSR count). The molecule has 1 N–H and O–H groups in total. The predicted octanol–water partition coefficient (Wildman–Crippen LogP) is 4.72. The molecule has 0 amide bonds. The van der Waals surface area contributed by atoms with Crippen LogP contribution in [0.5, 0.6) is 11.6 Å². The molecular formula is C17H21ClN2O. The van der Waals surface area contributed by atoms with Gasteiger partial charge in [-0.05, 0) is 57.0 Å². The highest BCUT2D eigenvalue weighted by molar-refractivity contribution is 6.32. The van der Waals surface area contributed by atoms with Crippen molar-refractivity contribution in [1.82, 2.24) is 10.3 Å². The maximum Gasteiger partial charge on any atom is 0.219 e.